The lowest BCUT2D eigenvalue weighted by molar-refractivity contribution is 0.491. The van der Waals surface area contributed by atoms with Gasteiger partial charge in [-0.25, -0.2) is 4.79 Å². The second kappa shape index (κ2) is 6.35. The number of anilines is 1. The summed E-state index contributed by atoms with van der Waals surface area (Å²) in [5.41, 5.74) is 5.74. The summed E-state index contributed by atoms with van der Waals surface area (Å²) in [6.45, 7) is 7.70. The average Bonchev–Trinajstić information content (AvgIpc) is 2.79. The number of fused-ring (bicyclic) bond motifs is 1. The van der Waals surface area contributed by atoms with E-state index in [1.165, 1.54) is 4.57 Å². The molecule has 0 radical (unpaired) electrons. The summed E-state index contributed by atoms with van der Waals surface area (Å²) in [5, 5.41) is 3.08. The van der Waals surface area contributed by atoms with Crippen molar-refractivity contribution in [3.63, 3.8) is 0 Å². The van der Waals surface area contributed by atoms with Crippen LogP contribution in [-0.2, 0) is 20.1 Å². The molecule has 22 heavy (non-hydrogen) atoms. The van der Waals surface area contributed by atoms with Crippen molar-refractivity contribution in [2.75, 3.05) is 18.4 Å². The highest BCUT2D eigenvalue weighted by Crippen LogP contribution is 2.14. The monoisotopic (exact) mass is 308 g/mol. The van der Waals surface area contributed by atoms with Crippen LogP contribution in [-0.4, -0.2) is 31.8 Å². The van der Waals surface area contributed by atoms with E-state index < -0.39 is 0 Å². The molecule has 2 heterocycles. The van der Waals surface area contributed by atoms with Gasteiger partial charge in [-0.1, -0.05) is 13.8 Å². The van der Waals surface area contributed by atoms with Crippen molar-refractivity contribution in [3.05, 3.63) is 20.8 Å². The average molecular weight is 308 g/mol. The third-order valence-corrected chi connectivity index (χ3v) is 3.53. The van der Waals surface area contributed by atoms with Gasteiger partial charge in [0, 0.05) is 33.2 Å². The topological polar surface area (TPSA) is 99.9 Å². The number of nitrogens with two attached hydrogens (primary N) is 1. The first-order chi connectivity index (χ1) is 10.4. The fraction of sp³-hybridized carbons (Fsp3) is 0.643. The van der Waals surface area contributed by atoms with Crippen molar-refractivity contribution in [1.82, 2.24) is 18.7 Å². The molecular weight excluding hydrogens is 284 g/mol. The molecule has 3 N–H and O–H groups in total. The van der Waals surface area contributed by atoms with E-state index in [0.717, 1.165) is 0 Å². The molecule has 2 rings (SSSR count). The Balaban J connectivity index is 2.80. The molecule has 0 fully saturated rings. The number of aryl methyl sites for hydroxylation is 1. The summed E-state index contributed by atoms with van der Waals surface area (Å²) in [6, 6.07) is 0. The van der Waals surface area contributed by atoms with Gasteiger partial charge in [-0.2, -0.15) is 4.98 Å². The first-order valence-electron chi connectivity index (χ1n) is 7.56. The van der Waals surface area contributed by atoms with Crippen LogP contribution in [0, 0.1) is 5.92 Å². The molecule has 0 saturated heterocycles. The van der Waals surface area contributed by atoms with Gasteiger partial charge in [-0.3, -0.25) is 13.9 Å². The lowest BCUT2D eigenvalue weighted by Crippen LogP contribution is -2.40. The highest BCUT2D eigenvalue weighted by molar-refractivity contribution is 5.74. The van der Waals surface area contributed by atoms with Crippen molar-refractivity contribution in [3.8, 4) is 0 Å². The molecule has 0 atom stereocenters. The second-order valence-corrected chi connectivity index (χ2v) is 5.72. The summed E-state index contributed by atoms with van der Waals surface area (Å²) in [6.07, 6.45) is 0. The van der Waals surface area contributed by atoms with Crippen molar-refractivity contribution in [2.24, 2.45) is 18.7 Å². The molecule has 0 bridgehead atoms. The van der Waals surface area contributed by atoms with E-state index in [9.17, 15) is 9.59 Å². The SMILES string of the molecule is CCn1c(=O)c2c(nc(NCCN)n2C)n(CC(C)C)c1=O. The molecule has 0 aliphatic carbocycles. The minimum Gasteiger partial charge on any atom is -0.354 e. The van der Waals surface area contributed by atoms with Crippen molar-refractivity contribution < 1.29 is 0 Å². The molecule has 0 aliphatic rings. The predicted molar refractivity (Wildman–Crippen MR) is 87.3 cm³/mol. The maximum atomic E-state index is 12.6. The van der Waals surface area contributed by atoms with Gasteiger partial charge in [0.1, 0.15) is 0 Å². The molecule has 0 unspecified atom stereocenters. The number of nitrogens with zero attached hydrogens (tertiary/aromatic N) is 4. The largest absolute Gasteiger partial charge is 0.354 e. The molecule has 8 nitrogen and oxygen atoms in total. The molecule has 0 amide bonds. The quantitative estimate of drug-likeness (QED) is 0.779. The van der Waals surface area contributed by atoms with Gasteiger partial charge in [-0.05, 0) is 12.8 Å². The summed E-state index contributed by atoms with van der Waals surface area (Å²) in [4.78, 5) is 29.5. The van der Waals surface area contributed by atoms with E-state index in [0.29, 0.717) is 43.3 Å². The first kappa shape index (κ1) is 16.3. The normalized spacial score (nSPS) is 11.5. The van der Waals surface area contributed by atoms with E-state index in [2.05, 4.69) is 10.3 Å². The number of imidazole rings is 1. The van der Waals surface area contributed by atoms with Crippen molar-refractivity contribution >= 4 is 17.1 Å². The molecule has 0 aromatic carbocycles. The Morgan fingerprint density at radius 1 is 1.27 bits per heavy atom. The van der Waals surface area contributed by atoms with Gasteiger partial charge in [0.2, 0.25) is 5.95 Å². The number of rotatable bonds is 6. The first-order valence-corrected chi connectivity index (χ1v) is 7.56. The summed E-state index contributed by atoms with van der Waals surface area (Å²) in [7, 11) is 1.76. The fourth-order valence-corrected chi connectivity index (χ4v) is 2.51. The van der Waals surface area contributed by atoms with Crippen LogP contribution in [0.1, 0.15) is 20.8 Å². The molecule has 0 spiro atoms. The van der Waals surface area contributed by atoms with Gasteiger partial charge in [-0.15, -0.1) is 0 Å². The van der Waals surface area contributed by atoms with Crippen LogP contribution in [0.15, 0.2) is 9.59 Å². The smallest absolute Gasteiger partial charge is 0.332 e. The van der Waals surface area contributed by atoms with Crippen LogP contribution >= 0.6 is 0 Å². The molecule has 122 valence electrons. The lowest BCUT2D eigenvalue weighted by Gasteiger charge is -2.12. The van der Waals surface area contributed by atoms with Crippen LogP contribution in [0.5, 0.6) is 0 Å². The van der Waals surface area contributed by atoms with Gasteiger partial charge in [0.05, 0.1) is 0 Å². The van der Waals surface area contributed by atoms with E-state index in [1.807, 2.05) is 13.8 Å². The zero-order valence-corrected chi connectivity index (χ0v) is 13.6. The standard InChI is InChI=1S/C14H24N6O2/c1-5-19-12(21)10-11(20(14(19)22)8-9(2)3)17-13(18(10)4)16-7-6-15/h9H,5-8,15H2,1-4H3,(H,16,17). The lowest BCUT2D eigenvalue weighted by atomic mass is 10.2. The minimum absolute atomic E-state index is 0.270. The van der Waals surface area contributed by atoms with Crippen molar-refractivity contribution in [1.29, 1.82) is 0 Å². The molecule has 2 aromatic heterocycles. The second-order valence-electron chi connectivity index (χ2n) is 5.72. The maximum Gasteiger partial charge on any atom is 0.332 e. The maximum absolute atomic E-state index is 12.6. The minimum atomic E-state index is -0.308. The molecule has 0 saturated carbocycles. The van der Waals surface area contributed by atoms with Gasteiger partial charge < -0.3 is 15.6 Å². The number of hydrogen-bond acceptors (Lipinski definition) is 5. The summed E-state index contributed by atoms with van der Waals surface area (Å²) < 4.78 is 4.52. The highest BCUT2D eigenvalue weighted by Gasteiger charge is 2.19. The summed E-state index contributed by atoms with van der Waals surface area (Å²) in [5.74, 6) is 0.814. The predicted octanol–water partition coefficient (Wildman–Crippen LogP) is -0.0568. The van der Waals surface area contributed by atoms with Gasteiger partial charge in [0.15, 0.2) is 11.2 Å². The molecule has 2 aromatic rings. The molecule has 0 aliphatic heterocycles. The Hall–Kier alpha value is -2.09. The van der Waals surface area contributed by atoms with Gasteiger partial charge >= 0.3 is 5.69 Å². The Kier molecular flexibility index (Phi) is 4.70. The third-order valence-electron chi connectivity index (χ3n) is 3.53. The van der Waals surface area contributed by atoms with Crippen LogP contribution < -0.4 is 22.3 Å². The Bertz CT molecular complexity index is 783. The molecule has 8 heteroatoms. The number of hydrogen-bond donors (Lipinski definition) is 2. The van der Waals surface area contributed by atoms with Crippen LogP contribution in [0.2, 0.25) is 0 Å². The zero-order chi connectivity index (χ0) is 16.4. The Morgan fingerprint density at radius 3 is 2.50 bits per heavy atom. The van der Waals surface area contributed by atoms with Crippen LogP contribution in [0.4, 0.5) is 5.95 Å². The van der Waals surface area contributed by atoms with Crippen molar-refractivity contribution in [2.45, 2.75) is 33.9 Å². The van der Waals surface area contributed by atoms with Crippen LogP contribution in [0.3, 0.4) is 0 Å². The van der Waals surface area contributed by atoms with E-state index >= 15 is 0 Å². The Labute approximate surface area is 128 Å². The van der Waals surface area contributed by atoms with Crippen LogP contribution in [0.25, 0.3) is 11.2 Å². The van der Waals surface area contributed by atoms with E-state index in [-0.39, 0.29) is 17.2 Å². The van der Waals surface area contributed by atoms with Gasteiger partial charge in [0.25, 0.3) is 5.56 Å². The fourth-order valence-electron chi connectivity index (χ4n) is 2.51. The number of nitrogens with one attached hydrogen (secondary N) is 1. The molecular formula is C14H24N6O2. The summed E-state index contributed by atoms with van der Waals surface area (Å²) >= 11 is 0. The highest BCUT2D eigenvalue weighted by atomic mass is 16.2. The third kappa shape index (κ3) is 2.66. The van der Waals surface area contributed by atoms with E-state index in [1.54, 1.807) is 23.1 Å². The Morgan fingerprint density at radius 2 is 1.95 bits per heavy atom. The van der Waals surface area contributed by atoms with E-state index in [4.69, 9.17) is 5.73 Å². The zero-order valence-electron chi connectivity index (χ0n) is 13.6. The number of aromatic nitrogens is 4.